The zero-order chi connectivity index (χ0) is 20.2. The smallest absolute Gasteiger partial charge is 0.242 e. The van der Waals surface area contributed by atoms with Crippen LogP contribution >= 0.6 is 0 Å². The predicted octanol–water partition coefficient (Wildman–Crippen LogP) is 5.81. The average Bonchev–Trinajstić information content (AvgIpc) is 2.73. The summed E-state index contributed by atoms with van der Waals surface area (Å²) in [6.07, 6.45) is 1.67. The number of hydrogen-bond donors (Lipinski definition) is 1. The highest BCUT2D eigenvalue weighted by atomic mass is 19.3. The SMILES string of the molecule is CCc1ccc2c(Nc3cccc(CC(F)F)c3)nc(-c3cccnc3)nc2c1. The molecule has 0 aliphatic rings. The van der Waals surface area contributed by atoms with Gasteiger partial charge in [-0.2, -0.15) is 0 Å². The third kappa shape index (κ3) is 4.37. The monoisotopic (exact) mass is 390 g/mol. The molecule has 0 unspecified atom stereocenters. The summed E-state index contributed by atoms with van der Waals surface area (Å²) >= 11 is 0. The van der Waals surface area contributed by atoms with Gasteiger partial charge in [0.1, 0.15) is 5.82 Å². The number of fused-ring (bicyclic) bond motifs is 1. The first-order valence-corrected chi connectivity index (χ1v) is 9.47. The topological polar surface area (TPSA) is 50.7 Å². The molecule has 0 fully saturated rings. The molecule has 0 saturated carbocycles. The van der Waals surface area contributed by atoms with Gasteiger partial charge < -0.3 is 5.32 Å². The second kappa shape index (κ2) is 8.31. The van der Waals surface area contributed by atoms with Crippen LogP contribution in [0.4, 0.5) is 20.3 Å². The van der Waals surface area contributed by atoms with E-state index in [4.69, 9.17) is 9.97 Å². The molecular weight excluding hydrogens is 370 g/mol. The number of alkyl halides is 2. The Labute approximate surface area is 167 Å². The molecule has 0 atom stereocenters. The van der Waals surface area contributed by atoms with Crippen LogP contribution in [0.2, 0.25) is 0 Å². The highest BCUT2D eigenvalue weighted by Gasteiger charge is 2.12. The maximum atomic E-state index is 12.8. The number of rotatable bonds is 6. The molecular formula is C23H20F2N4. The van der Waals surface area contributed by atoms with E-state index in [1.54, 1.807) is 30.6 Å². The maximum Gasteiger partial charge on any atom is 0.242 e. The van der Waals surface area contributed by atoms with Crippen LogP contribution in [0.1, 0.15) is 18.1 Å². The van der Waals surface area contributed by atoms with Crippen LogP contribution in [0, 0.1) is 0 Å². The molecule has 0 radical (unpaired) electrons. The second-order valence-electron chi connectivity index (χ2n) is 6.76. The minimum atomic E-state index is -2.38. The average molecular weight is 390 g/mol. The van der Waals surface area contributed by atoms with Gasteiger partial charge in [0.2, 0.25) is 6.43 Å². The van der Waals surface area contributed by atoms with Crippen molar-refractivity contribution in [3.05, 3.63) is 78.1 Å². The molecule has 0 amide bonds. The lowest BCUT2D eigenvalue weighted by Crippen LogP contribution is -2.01. The molecule has 2 heterocycles. The number of pyridine rings is 1. The molecule has 29 heavy (non-hydrogen) atoms. The lowest BCUT2D eigenvalue weighted by atomic mass is 10.1. The van der Waals surface area contributed by atoms with Gasteiger partial charge in [0, 0.05) is 35.5 Å². The van der Waals surface area contributed by atoms with Crippen molar-refractivity contribution in [3.8, 4) is 11.4 Å². The molecule has 2 aromatic carbocycles. The van der Waals surface area contributed by atoms with E-state index in [0.717, 1.165) is 22.9 Å². The Bertz CT molecular complexity index is 1130. The molecule has 0 bridgehead atoms. The Balaban J connectivity index is 1.80. The van der Waals surface area contributed by atoms with Crippen LogP contribution in [-0.2, 0) is 12.8 Å². The number of halogens is 2. The predicted molar refractivity (Wildman–Crippen MR) is 112 cm³/mol. The fourth-order valence-electron chi connectivity index (χ4n) is 3.21. The number of benzene rings is 2. The van der Waals surface area contributed by atoms with Crippen LogP contribution in [0.5, 0.6) is 0 Å². The third-order valence-corrected chi connectivity index (χ3v) is 4.67. The summed E-state index contributed by atoms with van der Waals surface area (Å²) in [7, 11) is 0. The number of hydrogen-bond acceptors (Lipinski definition) is 4. The van der Waals surface area contributed by atoms with Crippen molar-refractivity contribution in [2.45, 2.75) is 26.2 Å². The first kappa shape index (κ1) is 18.9. The van der Waals surface area contributed by atoms with E-state index in [9.17, 15) is 8.78 Å². The van der Waals surface area contributed by atoms with Gasteiger partial charge in [0.15, 0.2) is 5.82 Å². The first-order chi connectivity index (χ1) is 14.1. The molecule has 146 valence electrons. The van der Waals surface area contributed by atoms with Crippen molar-refractivity contribution < 1.29 is 8.78 Å². The Morgan fingerprint density at radius 2 is 1.86 bits per heavy atom. The van der Waals surface area contributed by atoms with Gasteiger partial charge in [0.25, 0.3) is 0 Å². The Hall–Kier alpha value is -3.41. The largest absolute Gasteiger partial charge is 0.340 e. The fraction of sp³-hybridized carbons (Fsp3) is 0.174. The quantitative estimate of drug-likeness (QED) is 0.452. The van der Waals surface area contributed by atoms with E-state index in [1.807, 2.05) is 30.3 Å². The van der Waals surface area contributed by atoms with Gasteiger partial charge in [-0.3, -0.25) is 4.98 Å². The van der Waals surface area contributed by atoms with Crippen molar-refractivity contribution >= 4 is 22.4 Å². The highest BCUT2D eigenvalue weighted by Crippen LogP contribution is 2.28. The molecule has 4 rings (SSSR count). The second-order valence-corrected chi connectivity index (χ2v) is 6.76. The molecule has 1 N–H and O–H groups in total. The zero-order valence-corrected chi connectivity index (χ0v) is 15.9. The Morgan fingerprint density at radius 1 is 0.966 bits per heavy atom. The van der Waals surface area contributed by atoms with E-state index >= 15 is 0 Å². The molecule has 0 aliphatic heterocycles. The number of nitrogens with one attached hydrogen (secondary N) is 1. The maximum absolute atomic E-state index is 12.8. The summed E-state index contributed by atoms with van der Waals surface area (Å²) < 4.78 is 25.5. The number of aromatic nitrogens is 3. The highest BCUT2D eigenvalue weighted by molar-refractivity contribution is 5.92. The molecule has 4 aromatic rings. The van der Waals surface area contributed by atoms with E-state index in [-0.39, 0.29) is 6.42 Å². The normalized spacial score (nSPS) is 11.2. The summed E-state index contributed by atoms with van der Waals surface area (Å²) in [5.74, 6) is 1.19. The zero-order valence-electron chi connectivity index (χ0n) is 15.9. The molecule has 0 saturated heterocycles. The van der Waals surface area contributed by atoms with Crippen LogP contribution in [0.15, 0.2) is 67.0 Å². The fourth-order valence-corrected chi connectivity index (χ4v) is 3.21. The lowest BCUT2D eigenvalue weighted by Gasteiger charge is -2.13. The number of nitrogens with zero attached hydrogens (tertiary/aromatic N) is 3. The van der Waals surface area contributed by atoms with Gasteiger partial charge in [0.05, 0.1) is 5.52 Å². The van der Waals surface area contributed by atoms with Gasteiger partial charge in [-0.05, 0) is 53.9 Å². The van der Waals surface area contributed by atoms with Crippen LogP contribution in [0.3, 0.4) is 0 Å². The van der Waals surface area contributed by atoms with Crippen molar-refractivity contribution in [2.75, 3.05) is 5.32 Å². The van der Waals surface area contributed by atoms with Gasteiger partial charge in [-0.15, -0.1) is 0 Å². The van der Waals surface area contributed by atoms with E-state index in [1.165, 1.54) is 5.56 Å². The number of anilines is 2. The molecule has 4 nitrogen and oxygen atoms in total. The van der Waals surface area contributed by atoms with Crippen LogP contribution in [-0.4, -0.2) is 21.4 Å². The van der Waals surface area contributed by atoms with Crippen molar-refractivity contribution in [2.24, 2.45) is 0 Å². The first-order valence-electron chi connectivity index (χ1n) is 9.47. The van der Waals surface area contributed by atoms with E-state index in [0.29, 0.717) is 22.9 Å². The molecule has 0 aliphatic carbocycles. The number of aryl methyl sites for hydroxylation is 1. The van der Waals surface area contributed by atoms with Crippen molar-refractivity contribution in [1.82, 2.24) is 15.0 Å². The summed E-state index contributed by atoms with van der Waals surface area (Å²) in [6, 6.07) is 16.9. The summed E-state index contributed by atoms with van der Waals surface area (Å²) in [4.78, 5) is 13.6. The minimum Gasteiger partial charge on any atom is -0.340 e. The van der Waals surface area contributed by atoms with Crippen LogP contribution in [0.25, 0.3) is 22.3 Å². The summed E-state index contributed by atoms with van der Waals surface area (Å²) in [5.41, 5.74) is 4.09. The van der Waals surface area contributed by atoms with Crippen molar-refractivity contribution in [1.29, 1.82) is 0 Å². The van der Waals surface area contributed by atoms with Gasteiger partial charge in [-0.1, -0.05) is 25.1 Å². The summed E-state index contributed by atoms with van der Waals surface area (Å²) in [6.45, 7) is 2.10. The van der Waals surface area contributed by atoms with Gasteiger partial charge in [-0.25, -0.2) is 18.7 Å². The summed E-state index contributed by atoms with van der Waals surface area (Å²) in [5, 5.41) is 4.16. The van der Waals surface area contributed by atoms with E-state index < -0.39 is 6.43 Å². The third-order valence-electron chi connectivity index (χ3n) is 4.67. The molecule has 6 heteroatoms. The molecule has 2 aromatic heterocycles. The standard InChI is InChI=1S/C23H20F2N4/c1-2-15-8-9-19-20(12-15)28-22(17-6-4-10-26-14-17)29-23(19)27-18-7-3-5-16(11-18)13-21(24)25/h3-12,14,21H,2,13H2,1H3,(H,27,28,29). The molecule has 0 spiro atoms. The van der Waals surface area contributed by atoms with Crippen LogP contribution < -0.4 is 5.32 Å². The Morgan fingerprint density at radius 3 is 2.62 bits per heavy atom. The van der Waals surface area contributed by atoms with E-state index in [2.05, 4.69) is 23.3 Å². The Kier molecular flexibility index (Phi) is 5.42. The van der Waals surface area contributed by atoms with Gasteiger partial charge >= 0.3 is 0 Å². The lowest BCUT2D eigenvalue weighted by molar-refractivity contribution is 0.149. The minimum absolute atomic E-state index is 0.277. The van der Waals surface area contributed by atoms with Crippen molar-refractivity contribution in [3.63, 3.8) is 0 Å².